The van der Waals surface area contributed by atoms with Crippen molar-refractivity contribution in [2.45, 2.75) is 43.8 Å². The van der Waals surface area contributed by atoms with Crippen molar-refractivity contribution >= 4 is 11.9 Å². The van der Waals surface area contributed by atoms with Crippen LogP contribution in [0.25, 0.3) is 0 Å². The molecule has 1 amide bonds. The molecule has 1 fully saturated rings. The Bertz CT molecular complexity index is 811. The first-order valence-corrected chi connectivity index (χ1v) is 8.80. The Morgan fingerprint density at radius 2 is 2.00 bits per heavy atom. The van der Waals surface area contributed by atoms with Crippen molar-refractivity contribution in [3.05, 3.63) is 47.5 Å². The van der Waals surface area contributed by atoms with E-state index < -0.39 is 30.2 Å². The maximum atomic E-state index is 12.6. The Morgan fingerprint density at radius 3 is 2.70 bits per heavy atom. The Labute approximate surface area is 154 Å². The van der Waals surface area contributed by atoms with Gasteiger partial charge in [-0.05, 0) is 24.0 Å². The Kier molecular flexibility index (Phi) is 4.25. The second kappa shape index (κ2) is 6.37. The summed E-state index contributed by atoms with van der Waals surface area (Å²) in [7, 11) is 0. The van der Waals surface area contributed by atoms with Crippen molar-refractivity contribution < 1.29 is 27.4 Å². The van der Waals surface area contributed by atoms with Crippen molar-refractivity contribution in [3.8, 4) is 0 Å². The molecular formula is C19H19F3N2O3. The van der Waals surface area contributed by atoms with E-state index >= 15 is 0 Å². The number of carbonyl (C=O) groups excluding carboxylic acids is 1. The first-order valence-electron chi connectivity index (χ1n) is 8.80. The minimum Gasteiger partial charge on any atom is -0.451 e. The van der Waals surface area contributed by atoms with Gasteiger partial charge in [-0.2, -0.15) is 18.2 Å². The number of rotatable bonds is 2. The van der Waals surface area contributed by atoms with E-state index in [2.05, 4.69) is 23.7 Å². The number of hydrogen-bond donors (Lipinski definition) is 0. The summed E-state index contributed by atoms with van der Waals surface area (Å²) in [6, 6.07) is 8.20. The number of amides is 1. The molecule has 5 nitrogen and oxygen atoms in total. The van der Waals surface area contributed by atoms with Crippen LogP contribution in [0.3, 0.4) is 0 Å². The van der Waals surface area contributed by atoms with Crippen molar-refractivity contribution in [2.24, 2.45) is 4.99 Å². The summed E-state index contributed by atoms with van der Waals surface area (Å²) in [5.74, 6) is -0.696. The standard InChI is InChI=1S/C19H19F3N2O3/c1-12(19(20,21)22)10-15-16(25)23-17(27-15)24-8-6-18(7-9-24)14-5-3-2-4-13(14)11-26-18/h2-5,15H,1,6-11H2. The molecular weight excluding hydrogens is 361 g/mol. The van der Waals surface area contributed by atoms with E-state index in [1.807, 2.05) is 12.1 Å². The van der Waals surface area contributed by atoms with Crippen LogP contribution in [-0.2, 0) is 26.5 Å². The molecule has 0 aliphatic carbocycles. The van der Waals surface area contributed by atoms with Gasteiger partial charge in [0.2, 0.25) is 0 Å². The summed E-state index contributed by atoms with van der Waals surface area (Å²) in [5, 5.41) is 0. The quantitative estimate of drug-likeness (QED) is 0.739. The highest BCUT2D eigenvalue weighted by molar-refractivity contribution is 5.98. The van der Waals surface area contributed by atoms with Gasteiger partial charge in [-0.3, -0.25) is 4.79 Å². The molecule has 3 aliphatic rings. The van der Waals surface area contributed by atoms with Gasteiger partial charge in [0.1, 0.15) is 0 Å². The lowest BCUT2D eigenvalue weighted by atomic mass is 9.84. The largest absolute Gasteiger partial charge is 0.451 e. The fraction of sp³-hybridized carbons (Fsp3) is 0.474. The average molecular weight is 380 g/mol. The number of carbonyl (C=O) groups is 1. The smallest absolute Gasteiger partial charge is 0.412 e. The van der Waals surface area contributed by atoms with Crippen LogP contribution in [0.5, 0.6) is 0 Å². The highest BCUT2D eigenvalue weighted by atomic mass is 19.4. The second-order valence-corrected chi connectivity index (χ2v) is 7.07. The first-order chi connectivity index (χ1) is 12.8. The van der Waals surface area contributed by atoms with E-state index in [9.17, 15) is 18.0 Å². The Morgan fingerprint density at radius 1 is 1.30 bits per heavy atom. The highest BCUT2D eigenvalue weighted by Crippen LogP contribution is 2.44. The van der Waals surface area contributed by atoms with Crippen LogP contribution >= 0.6 is 0 Å². The molecule has 1 saturated heterocycles. The molecule has 0 radical (unpaired) electrons. The molecule has 0 aromatic heterocycles. The predicted octanol–water partition coefficient (Wildman–Crippen LogP) is 3.30. The van der Waals surface area contributed by atoms with Crippen molar-refractivity contribution in [1.29, 1.82) is 0 Å². The van der Waals surface area contributed by atoms with Gasteiger partial charge in [0.05, 0.1) is 12.2 Å². The Hall–Kier alpha value is -2.35. The number of hydrogen-bond acceptors (Lipinski definition) is 4. The van der Waals surface area contributed by atoms with Gasteiger partial charge >= 0.3 is 6.18 Å². The lowest BCUT2D eigenvalue weighted by Gasteiger charge is -2.39. The second-order valence-electron chi connectivity index (χ2n) is 7.07. The maximum absolute atomic E-state index is 12.6. The van der Waals surface area contributed by atoms with Gasteiger partial charge in [-0.25, -0.2) is 0 Å². The molecule has 1 unspecified atom stereocenters. The van der Waals surface area contributed by atoms with Crippen molar-refractivity contribution in [2.75, 3.05) is 13.1 Å². The number of fused-ring (bicyclic) bond motifs is 2. The molecule has 144 valence electrons. The summed E-state index contributed by atoms with van der Waals surface area (Å²) in [4.78, 5) is 17.5. The number of nitrogens with zero attached hydrogens (tertiary/aromatic N) is 2. The number of benzene rings is 1. The number of amidine groups is 1. The molecule has 1 aromatic rings. The summed E-state index contributed by atoms with van der Waals surface area (Å²) in [6.07, 6.45) is -5.02. The minimum atomic E-state index is -4.54. The van der Waals surface area contributed by atoms with Crippen molar-refractivity contribution in [1.82, 2.24) is 4.90 Å². The fourth-order valence-electron chi connectivity index (χ4n) is 3.84. The monoisotopic (exact) mass is 380 g/mol. The molecule has 0 bridgehead atoms. The van der Waals surface area contributed by atoms with E-state index in [1.54, 1.807) is 4.90 Å². The van der Waals surface area contributed by atoms with Gasteiger partial charge in [-0.15, -0.1) is 0 Å². The topological polar surface area (TPSA) is 51.1 Å². The van der Waals surface area contributed by atoms with Crippen LogP contribution in [-0.4, -0.2) is 42.2 Å². The third-order valence-corrected chi connectivity index (χ3v) is 5.42. The third-order valence-electron chi connectivity index (χ3n) is 5.42. The van der Waals surface area contributed by atoms with Crippen LogP contribution in [0.2, 0.25) is 0 Å². The molecule has 27 heavy (non-hydrogen) atoms. The number of halogens is 3. The fourth-order valence-corrected chi connectivity index (χ4v) is 3.84. The van der Waals surface area contributed by atoms with E-state index in [0.29, 0.717) is 32.5 Å². The molecule has 4 rings (SSSR count). The van der Waals surface area contributed by atoms with Gasteiger partial charge in [0.25, 0.3) is 11.9 Å². The Balaban J connectivity index is 1.39. The number of ether oxygens (including phenoxy) is 2. The number of aliphatic imine (C=N–C) groups is 1. The average Bonchev–Trinajstić information content (AvgIpc) is 3.17. The minimum absolute atomic E-state index is 0.0982. The molecule has 1 spiro atoms. The zero-order valence-electron chi connectivity index (χ0n) is 14.6. The molecule has 0 N–H and O–H groups in total. The third kappa shape index (κ3) is 3.22. The summed E-state index contributed by atoms with van der Waals surface area (Å²) < 4.78 is 49.4. The van der Waals surface area contributed by atoms with Crippen molar-refractivity contribution in [3.63, 3.8) is 0 Å². The molecule has 1 atom stereocenters. The molecule has 3 heterocycles. The lowest BCUT2D eigenvalue weighted by Crippen LogP contribution is -2.45. The zero-order chi connectivity index (χ0) is 19.2. The highest BCUT2D eigenvalue weighted by Gasteiger charge is 2.45. The van der Waals surface area contributed by atoms with Crippen LogP contribution in [0.15, 0.2) is 41.4 Å². The zero-order valence-corrected chi connectivity index (χ0v) is 14.6. The van der Waals surface area contributed by atoms with Gasteiger partial charge < -0.3 is 14.4 Å². The van der Waals surface area contributed by atoms with E-state index in [4.69, 9.17) is 9.47 Å². The maximum Gasteiger partial charge on any atom is 0.412 e. The van der Waals surface area contributed by atoms with E-state index in [1.165, 1.54) is 11.1 Å². The van der Waals surface area contributed by atoms with Gasteiger partial charge in [-0.1, -0.05) is 30.8 Å². The molecule has 3 aliphatic heterocycles. The summed E-state index contributed by atoms with van der Waals surface area (Å²) >= 11 is 0. The molecule has 0 saturated carbocycles. The van der Waals surface area contributed by atoms with E-state index in [0.717, 1.165) is 0 Å². The van der Waals surface area contributed by atoms with Crippen LogP contribution in [0.4, 0.5) is 13.2 Å². The van der Waals surface area contributed by atoms with Crippen LogP contribution in [0.1, 0.15) is 30.4 Å². The number of alkyl halides is 3. The number of likely N-dealkylation sites (tertiary alicyclic amines) is 1. The van der Waals surface area contributed by atoms with Crippen LogP contribution < -0.4 is 0 Å². The summed E-state index contributed by atoms with van der Waals surface area (Å²) in [6.45, 7) is 4.67. The molecule has 1 aromatic carbocycles. The SMILES string of the molecule is C=C(CC1OC(N2CCC3(CC2)OCc2ccccc23)=NC1=O)C(F)(F)F. The van der Waals surface area contributed by atoms with E-state index in [-0.39, 0.29) is 11.6 Å². The van der Waals surface area contributed by atoms with Crippen LogP contribution in [0, 0.1) is 0 Å². The number of piperidine rings is 1. The summed E-state index contributed by atoms with van der Waals surface area (Å²) in [5.41, 5.74) is 1.03. The lowest BCUT2D eigenvalue weighted by molar-refractivity contribution is -0.124. The molecule has 8 heteroatoms. The normalized spacial score (nSPS) is 24.0. The van der Waals surface area contributed by atoms with Gasteiger partial charge in [0, 0.05) is 25.1 Å². The predicted molar refractivity (Wildman–Crippen MR) is 90.8 cm³/mol. The van der Waals surface area contributed by atoms with Gasteiger partial charge in [0.15, 0.2) is 6.10 Å². The first kappa shape index (κ1) is 18.0.